The summed E-state index contributed by atoms with van der Waals surface area (Å²) in [5, 5.41) is 11.4. The molecule has 3 aromatic rings. The molecule has 114 valence electrons. The van der Waals surface area contributed by atoms with Crippen molar-refractivity contribution in [1.29, 1.82) is 0 Å². The summed E-state index contributed by atoms with van der Waals surface area (Å²) in [6.07, 6.45) is 0. The minimum atomic E-state index is -0.750. The summed E-state index contributed by atoms with van der Waals surface area (Å²) in [6.45, 7) is 0. The number of halogens is 2. The van der Waals surface area contributed by atoms with Gasteiger partial charge in [-0.1, -0.05) is 16.9 Å². The first kappa shape index (κ1) is 14.9. The second-order valence-corrected chi connectivity index (χ2v) is 5.80. The summed E-state index contributed by atoms with van der Waals surface area (Å²) in [6, 6.07) is 4.03. The summed E-state index contributed by atoms with van der Waals surface area (Å²) in [4.78, 5) is 11.9. The molecule has 0 saturated heterocycles. The minimum absolute atomic E-state index is 0.0840. The highest BCUT2D eigenvalue weighted by molar-refractivity contribution is 9.10. The molecule has 0 fully saturated rings. The fraction of sp³-hybridized carbons (Fsp3) is 0.0909. The van der Waals surface area contributed by atoms with Crippen LogP contribution in [-0.4, -0.2) is 25.9 Å². The molecular weight excluding hydrogens is 381 g/mol. The maximum absolute atomic E-state index is 13.4. The first-order valence-electron chi connectivity index (χ1n) is 5.81. The Morgan fingerprint density at radius 2 is 2.18 bits per heavy atom. The normalized spacial score (nSPS) is 11.0. The van der Waals surface area contributed by atoms with Crippen LogP contribution in [0.25, 0.3) is 17.2 Å². The molecule has 0 bridgehead atoms. The number of hydrogen-bond donors (Lipinski definition) is 1. The Morgan fingerprint density at radius 3 is 2.91 bits per heavy atom. The zero-order valence-corrected chi connectivity index (χ0v) is 13.1. The molecule has 0 spiro atoms. The van der Waals surface area contributed by atoms with E-state index in [1.54, 1.807) is 0 Å². The Kier molecular flexibility index (Phi) is 4.09. The quantitative estimate of drug-likeness (QED) is 0.532. The average molecular weight is 388 g/mol. The standard InChI is InChI=1S/C11H7BrFN5O3S/c12-6-3-5(1-2-7(6)13)18-9(16-20-11(18)19)8-10(22-4-14)17-21-15-8/h1-3H,4,14H2. The number of nitrogens with zero attached hydrogens (tertiary/aromatic N) is 4. The monoisotopic (exact) mass is 387 g/mol. The van der Waals surface area contributed by atoms with Gasteiger partial charge in [-0.15, -0.1) is 0 Å². The third-order valence-electron chi connectivity index (χ3n) is 2.66. The first-order chi connectivity index (χ1) is 10.6. The smallest absolute Gasteiger partial charge is 0.322 e. The van der Waals surface area contributed by atoms with Crippen LogP contribution in [0.15, 0.2) is 41.6 Å². The van der Waals surface area contributed by atoms with Gasteiger partial charge in [0.15, 0.2) is 10.7 Å². The van der Waals surface area contributed by atoms with E-state index in [4.69, 9.17) is 5.73 Å². The Hall–Kier alpha value is -1.98. The molecule has 0 amide bonds. The van der Waals surface area contributed by atoms with Crippen LogP contribution in [0.3, 0.4) is 0 Å². The molecule has 0 saturated carbocycles. The zero-order chi connectivity index (χ0) is 15.7. The van der Waals surface area contributed by atoms with E-state index in [9.17, 15) is 9.18 Å². The van der Waals surface area contributed by atoms with E-state index in [2.05, 4.69) is 40.6 Å². The molecule has 2 heterocycles. The summed E-state index contributed by atoms with van der Waals surface area (Å²) in [5.74, 6) is -0.885. The molecule has 1 aromatic carbocycles. The van der Waals surface area contributed by atoms with E-state index in [1.807, 2.05) is 0 Å². The SMILES string of the molecule is NCSc1nonc1-c1noc(=O)n1-c1ccc(F)c(Br)c1. The van der Waals surface area contributed by atoms with Crippen molar-refractivity contribution in [2.75, 3.05) is 5.88 Å². The van der Waals surface area contributed by atoms with Crippen LogP contribution in [0.4, 0.5) is 4.39 Å². The minimum Gasteiger partial charge on any atom is -0.322 e. The lowest BCUT2D eigenvalue weighted by Crippen LogP contribution is -2.13. The van der Waals surface area contributed by atoms with Crippen LogP contribution in [0.2, 0.25) is 0 Å². The molecule has 0 atom stereocenters. The highest BCUT2D eigenvalue weighted by atomic mass is 79.9. The van der Waals surface area contributed by atoms with Crippen LogP contribution in [0.5, 0.6) is 0 Å². The molecule has 3 rings (SSSR count). The van der Waals surface area contributed by atoms with Crippen molar-refractivity contribution in [2.45, 2.75) is 5.03 Å². The van der Waals surface area contributed by atoms with Crippen LogP contribution >= 0.6 is 27.7 Å². The maximum atomic E-state index is 13.4. The van der Waals surface area contributed by atoms with Crippen molar-refractivity contribution in [3.63, 3.8) is 0 Å². The summed E-state index contributed by atoms with van der Waals surface area (Å²) in [5.41, 5.74) is 6.01. The van der Waals surface area contributed by atoms with E-state index >= 15 is 0 Å². The number of benzene rings is 1. The van der Waals surface area contributed by atoms with Crippen molar-refractivity contribution >= 4 is 27.7 Å². The molecule has 2 N–H and O–H groups in total. The largest absolute Gasteiger partial charge is 0.446 e. The maximum Gasteiger partial charge on any atom is 0.446 e. The summed E-state index contributed by atoms with van der Waals surface area (Å²) in [7, 11) is 0. The van der Waals surface area contributed by atoms with Gasteiger partial charge in [0.2, 0.25) is 5.82 Å². The topological polar surface area (TPSA) is 113 Å². The van der Waals surface area contributed by atoms with Gasteiger partial charge in [-0.3, -0.25) is 4.52 Å². The number of aromatic nitrogens is 4. The van der Waals surface area contributed by atoms with Gasteiger partial charge in [0.25, 0.3) is 0 Å². The highest BCUT2D eigenvalue weighted by Crippen LogP contribution is 2.28. The third kappa shape index (κ3) is 2.58. The highest BCUT2D eigenvalue weighted by Gasteiger charge is 2.23. The molecule has 2 aromatic heterocycles. The van der Waals surface area contributed by atoms with Gasteiger partial charge in [0, 0.05) is 5.88 Å². The molecule has 11 heteroatoms. The lowest BCUT2D eigenvalue weighted by molar-refractivity contribution is 0.299. The van der Waals surface area contributed by atoms with Gasteiger partial charge < -0.3 is 5.73 Å². The number of nitrogens with two attached hydrogens (primary N) is 1. The van der Waals surface area contributed by atoms with Crippen LogP contribution in [-0.2, 0) is 0 Å². The van der Waals surface area contributed by atoms with E-state index in [0.29, 0.717) is 10.7 Å². The predicted octanol–water partition coefficient (Wildman–Crippen LogP) is 1.79. The van der Waals surface area contributed by atoms with Gasteiger partial charge in [0.05, 0.1) is 10.2 Å². The fourth-order valence-corrected chi connectivity index (χ4v) is 2.62. The third-order valence-corrected chi connectivity index (χ3v) is 3.97. The van der Waals surface area contributed by atoms with Crippen molar-refractivity contribution in [3.05, 3.63) is 39.0 Å². The molecule has 0 aliphatic rings. The predicted molar refractivity (Wildman–Crippen MR) is 78.0 cm³/mol. The van der Waals surface area contributed by atoms with Crippen molar-refractivity contribution in [3.8, 4) is 17.2 Å². The Balaban J connectivity index is 2.17. The van der Waals surface area contributed by atoms with Gasteiger partial charge in [0.1, 0.15) is 5.82 Å². The molecule has 0 aliphatic carbocycles. The molecular formula is C11H7BrFN5O3S. The van der Waals surface area contributed by atoms with Crippen LogP contribution in [0.1, 0.15) is 0 Å². The Morgan fingerprint density at radius 1 is 1.36 bits per heavy atom. The number of thioether (sulfide) groups is 1. The Labute approximate surface area is 134 Å². The van der Waals surface area contributed by atoms with Crippen molar-refractivity contribution in [2.24, 2.45) is 5.73 Å². The molecule has 8 nitrogen and oxygen atoms in total. The summed E-state index contributed by atoms with van der Waals surface area (Å²) >= 11 is 4.23. The van der Waals surface area contributed by atoms with Crippen LogP contribution in [0, 0.1) is 5.82 Å². The van der Waals surface area contributed by atoms with E-state index < -0.39 is 11.6 Å². The van der Waals surface area contributed by atoms with Crippen molar-refractivity contribution < 1.29 is 13.5 Å². The van der Waals surface area contributed by atoms with E-state index in [1.165, 1.54) is 30.0 Å². The molecule has 0 radical (unpaired) electrons. The van der Waals surface area contributed by atoms with E-state index in [-0.39, 0.29) is 21.9 Å². The lowest BCUT2D eigenvalue weighted by Gasteiger charge is -2.04. The van der Waals surface area contributed by atoms with Crippen molar-refractivity contribution in [1.82, 2.24) is 20.0 Å². The second kappa shape index (κ2) is 6.02. The zero-order valence-electron chi connectivity index (χ0n) is 10.7. The first-order valence-corrected chi connectivity index (χ1v) is 7.59. The Bertz CT molecular complexity index is 877. The summed E-state index contributed by atoms with van der Waals surface area (Å²) < 4.78 is 24.0. The van der Waals surface area contributed by atoms with Gasteiger partial charge >= 0.3 is 5.76 Å². The van der Waals surface area contributed by atoms with E-state index in [0.717, 1.165) is 4.57 Å². The number of rotatable bonds is 4. The fourth-order valence-electron chi connectivity index (χ4n) is 1.74. The van der Waals surface area contributed by atoms with Gasteiger partial charge in [-0.05, 0) is 44.4 Å². The number of hydrogen-bond acceptors (Lipinski definition) is 8. The molecule has 0 unspecified atom stereocenters. The molecule has 22 heavy (non-hydrogen) atoms. The van der Waals surface area contributed by atoms with Gasteiger partial charge in [-0.2, -0.15) is 0 Å². The molecule has 0 aliphatic heterocycles. The second-order valence-electron chi connectivity index (χ2n) is 3.93. The average Bonchev–Trinajstić information content (AvgIpc) is 3.09. The van der Waals surface area contributed by atoms with Gasteiger partial charge in [-0.25, -0.2) is 18.4 Å². The van der Waals surface area contributed by atoms with Crippen LogP contribution < -0.4 is 11.5 Å². The lowest BCUT2D eigenvalue weighted by atomic mass is 10.3.